The van der Waals surface area contributed by atoms with E-state index in [0.29, 0.717) is 24.2 Å². The van der Waals surface area contributed by atoms with E-state index in [-0.39, 0.29) is 34.6 Å². The van der Waals surface area contributed by atoms with Crippen LogP contribution in [-0.2, 0) is 14.3 Å². The van der Waals surface area contributed by atoms with Crippen LogP contribution < -0.4 is 0 Å². The van der Waals surface area contributed by atoms with Crippen LogP contribution in [0.25, 0.3) is 0 Å². The van der Waals surface area contributed by atoms with Gasteiger partial charge in [0, 0.05) is 18.8 Å². The minimum absolute atomic E-state index is 0.0164. The standard InChI is InChI=1S/C29H46O4/c1-18(2)8-7-9-19(3)25-17-26(31)29(32)24-11-10-21-16-22(33-20(4)30)12-14-27(21,5)23(24)13-15-28(25,29)6/h18-19,21-22,25,32H,7-17H2,1-6H3/t19-,21?,22+,25-,27+,28-,29+/m1/s1. The van der Waals surface area contributed by atoms with Gasteiger partial charge in [0.05, 0.1) is 0 Å². The second-order valence-corrected chi connectivity index (χ2v) is 12.8. The van der Waals surface area contributed by atoms with Gasteiger partial charge in [-0.25, -0.2) is 0 Å². The quantitative estimate of drug-likeness (QED) is 0.370. The number of Topliss-reactive ketones (excluding diaryl/α,β-unsaturated/α-hetero) is 1. The van der Waals surface area contributed by atoms with Crippen LogP contribution in [-0.4, -0.2) is 28.6 Å². The Balaban J connectivity index is 1.60. The van der Waals surface area contributed by atoms with Crippen molar-refractivity contribution >= 4 is 11.8 Å². The number of allylic oxidation sites excluding steroid dienone is 1. The molecular formula is C29H46O4. The van der Waals surface area contributed by atoms with Gasteiger partial charge < -0.3 is 9.84 Å². The first-order valence-electron chi connectivity index (χ1n) is 13.6. The average Bonchev–Trinajstić information content (AvgIpc) is 2.94. The third-order valence-corrected chi connectivity index (χ3v) is 10.5. The minimum atomic E-state index is -1.28. The lowest BCUT2D eigenvalue weighted by Gasteiger charge is -2.57. The van der Waals surface area contributed by atoms with E-state index in [1.807, 2.05) is 0 Å². The molecule has 4 nitrogen and oxygen atoms in total. The lowest BCUT2D eigenvalue weighted by atomic mass is 9.49. The maximum absolute atomic E-state index is 13.6. The Labute approximate surface area is 200 Å². The van der Waals surface area contributed by atoms with Gasteiger partial charge in [-0.2, -0.15) is 0 Å². The van der Waals surface area contributed by atoms with Gasteiger partial charge in [0.2, 0.25) is 0 Å². The Bertz CT molecular complexity index is 827. The molecule has 0 aromatic carbocycles. The molecule has 186 valence electrons. The molecule has 1 unspecified atom stereocenters. The summed E-state index contributed by atoms with van der Waals surface area (Å²) in [5.41, 5.74) is 0.850. The van der Waals surface area contributed by atoms with Crippen molar-refractivity contribution in [1.29, 1.82) is 0 Å². The van der Waals surface area contributed by atoms with Crippen molar-refractivity contribution in [2.45, 2.75) is 124 Å². The highest BCUT2D eigenvalue weighted by Crippen LogP contribution is 2.66. The molecular weight excluding hydrogens is 412 g/mol. The molecule has 7 atom stereocenters. The van der Waals surface area contributed by atoms with Crippen molar-refractivity contribution in [3.05, 3.63) is 11.1 Å². The Morgan fingerprint density at radius 3 is 2.48 bits per heavy atom. The molecule has 2 saturated carbocycles. The number of carbonyl (C=O) groups is 2. The molecule has 2 fully saturated rings. The summed E-state index contributed by atoms with van der Waals surface area (Å²) < 4.78 is 5.57. The van der Waals surface area contributed by atoms with Crippen LogP contribution in [0.15, 0.2) is 11.1 Å². The summed E-state index contributed by atoms with van der Waals surface area (Å²) in [4.78, 5) is 25.1. The molecule has 0 aromatic rings. The van der Waals surface area contributed by atoms with E-state index < -0.39 is 5.60 Å². The van der Waals surface area contributed by atoms with Crippen LogP contribution in [0, 0.1) is 34.5 Å². The normalized spacial score (nSPS) is 41.5. The number of ketones is 1. The molecule has 0 aromatic heterocycles. The summed E-state index contributed by atoms with van der Waals surface area (Å²) in [5.74, 6) is 1.79. The number of hydrogen-bond acceptors (Lipinski definition) is 4. The fourth-order valence-corrected chi connectivity index (χ4v) is 8.49. The molecule has 0 saturated heterocycles. The monoisotopic (exact) mass is 458 g/mol. The second-order valence-electron chi connectivity index (χ2n) is 12.8. The van der Waals surface area contributed by atoms with Crippen molar-refractivity contribution < 1.29 is 19.4 Å². The molecule has 0 heterocycles. The van der Waals surface area contributed by atoms with Crippen molar-refractivity contribution in [1.82, 2.24) is 0 Å². The average molecular weight is 459 g/mol. The highest BCUT2D eigenvalue weighted by atomic mass is 16.5. The van der Waals surface area contributed by atoms with Crippen molar-refractivity contribution in [3.63, 3.8) is 0 Å². The fraction of sp³-hybridized carbons (Fsp3) is 0.862. The predicted octanol–water partition coefficient (Wildman–Crippen LogP) is 6.40. The van der Waals surface area contributed by atoms with E-state index in [2.05, 4.69) is 34.6 Å². The van der Waals surface area contributed by atoms with E-state index in [4.69, 9.17) is 4.74 Å². The third kappa shape index (κ3) is 3.93. The number of aliphatic hydroxyl groups is 1. The third-order valence-electron chi connectivity index (χ3n) is 10.5. The second kappa shape index (κ2) is 8.81. The lowest BCUT2D eigenvalue weighted by Crippen LogP contribution is -2.57. The van der Waals surface area contributed by atoms with E-state index in [1.54, 1.807) is 0 Å². The molecule has 33 heavy (non-hydrogen) atoms. The number of ether oxygens (including phenoxy) is 1. The van der Waals surface area contributed by atoms with Gasteiger partial charge in [-0.3, -0.25) is 9.59 Å². The summed E-state index contributed by atoms with van der Waals surface area (Å²) in [6.45, 7) is 12.9. The summed E-state index contributed by atoms with van der Waals surface area (Å²) in [5, 5.41) is 12.3. The Morgan fingerprint density at radius 2 is 1.82 bits per heavy atom. The first-order chi connectivity index (χ1) is 15.4. The Hall–Kier alpha value is -1.16. The Kier molecular flexibility index (Phi) is 6.66. The molecule has 0 amide bonds. The predicted molar refractivity (Wildman–Crippen MR) is 131 cm³/mol. The summed E-state index contributed by atoms with van der Waals surface area (Å²) in [6, 6.07) is 0. The minimum Gasteiger partial charge on any atom is -0.463 e. The van der Waals surface area contributed by atoms with Crippen molar-refractivity contribution in [3.8, 4) is 0 Å². The molecule has 1 N–H and O–H groups in total. The smallest absolute Gasteiger partial charge is 0.302 e. The van der Waals surface area contributed by atoms with Crippen LogP contribution in [0.3, 0.4) is 0 Å². The first-order valence-corrected chi connectivity index (χ1v) is 13.6. The molecule has 0 radical (unpaired) electrons. The zero-order valence-corrected chi connectivity index (χ0v) is 21.8. The maximum atomic E-state index is 13.6. The number of hydrogen-bond donors (Lipinski definition) is 1. The van der Waals surface area contributed by atoms with Gasteiger partial charge in [0.15, 0.2) is 5.78 Å². The van der Waals surface area contributed by atoms with Gasteiger partial charge in [-0.1, -0.05) is 59.5 Å². The zero-order chi connectivity index (χ0) is 24.2. The van der Waals surface area contributed by atoms with Gasteiger partial charge in [0.25, 0.3) is 0 Å². The summed E-state index contributed by atoms with van der Waals surface area (Å²) in [6.07, 6.45) is 10.6. The number of carbonyl (C=O) groups excluding carboxylic acids is 2. The van der Waals surface area contributed by atoms with E-state index in [1.165, 1.54) is 25.3 Å². The van der Waals surface area contributed by atoms with Crippen LogP contribution in [0.5, 0.6) is 0 Å². The fourth-order valence-electron chi connectivity index (χ4n) is 8.49. The maximum Gasteiger partial charge on any atom is 0.302 e. The van der Waals surface area contributed by atoms with Crippen molar-refractivity contribution in [2.24, 2.45) is 34.5 Å². The van der Waals surface area contributed by atoms with Gasteiger partial charge in [-0.15, -0.1) is 0 Å². The molecule has 0 aliphatic heterocycles. The summed E-state index contributed by atoms with van der Waals surface area (Å²) in [7, 11) is 0. The van der Waals surface area contributed by atoms with Gasteiger partial charge in [-0.05, 0) is 79.6 Å². The van der Waals surface area contributed by atoms with Gasteiger partial charge >= 0.3 is 5.97 Å². The van der Waals surface area contributed by atoms with Crippen LogP contribution in [0.4, 0.5) is 0 Å². The first kappa shape index (κ1) is 24.9. The van der Waals surface area contributed by atoms with E-state index in [0.717, 1.165) is 56.9 Å². The van der Waals surface area contributed by atoms with Crippen LogP contribution in [0.1, 0.15) is 112 Å². The lowest BCUT2D eigenvalue weighted by molar-refractivity contribution is -0.151. The highest BCUT2D eigenvalue weighted by Gasteiger charge is 2.67. The zero-order valence-electron chi connectivity index (χ0n) is 21.8. The van der Waals surface area contributed by atoms with Crippen molar-refractivity contribution in [2.75, 3.05) is 0 Å². The molecule has 0 spiro atoms. The topological polar surface area (TPSA) is 63.6 Å². The molecule has 4 aliphatic rings. The molecule has 4 heteroatoms. The van der Waals surface area contributed by atoms with E-state index >= 15 is 0 Å². The largest absolute Gasteiger partial charge is 0.463 e. The number of esters is 1. The molecule has 0 bridgehead atoms. The van der Waals surface area contributed by atoms with Gasteiger partial charge in [0.1, 0.15) is 11.7 Å². The Morgan fingerprint density at radius 1 is 1.09 bits per heavy atom. The number of rotatable bonds is 6. The SMILES string of the molecule is CC(=O)O[C@H]1CC[C@]2(C)C3=C(CCC2C1)[C@]1(O)C(=O)C[C@H]([C@H](C)CCCC(C)C)[C@@]1(C)CC3. The number of fused-ring (bicyclic) bond motifs is 4. The molecule has 4 rings (SSSR count). The summed E-state index contributed by atoms with van der Waals surface area (Å²) >= 11 is 0. The van der Waals surface area contributed by atoms with Crippen LogP contribution in [0.2, 0.25) is 0 Å². The molecule has 4 aliphatic carbocycles. The highest BCUT2D eigenvalue weighted by molar-refractivity contribution is 5.95. The van der Waals surface area contributed by atoms with Crippen LogP contribution >= 0.6 is 0 Å². The van der Waals surface area contributed by atoms with E-state index in [9.17, 15) is 14.7 Å².